The highest BCUT2D eigenvalue weighted by molar-refractivity contribution is 6.02. The first-order valence-corrected chi connectivity index (χ1v) is 6.75. The van der Waals surface area contributed by atoms with Crippen LogP contribution in [0.25, 0.3) is 5.69 Å². The number of nitrogens with two attached hydrogens (primary N) is 2. The van der Waals surface area contributed by atoms with E-state index in [-0.39, 0.29) is 23.7 Å². The average Bonchev–Trinajstić information content (AvgIpc) is 2.51. The molecule has 6 N–H and O–H groups in total. The van der Waals surface area contributed by atoms with Crippen LogP contribution in [-0.2, 0) is 0 Å². The molecule has 23 heavy (non-hydrogen) atoms. The van der Waals surface area contributed by atoms with Crippen molar-refractivity contribution in [1.82, 2.24) is 9.55 Å². The number of nitrogens with zero attached hydrogens (tertiary/aromatic N) is 3. The van der Waals surface area contributed by atoms with Gasteiger partial charge in [0.25, 0.3) is 5.56 Å². The van der Waals surface area contributed by atoms with Crippen molar-refractivity contribution in [1.29, 1.82) is 0 Å². The van der Waals surface area contributed by atoms with Gasteiger partial charge in [0.15, 0.2) is 0 Å². The van der Waals surface area contributed by atoms with Crippen molar-refractivity contribution < 1.29 is 5.11 Å². The van der Waals surface area contributed by atoms with Crippen LogP contribution in [0.2, 0.25) is 0 Å². The normalized spacial score (nSPS) is 11.3. The summed E-state index contributed by atoms with van der Waals surface area (Å²) >= 11 is 0. The van der Waals surface area contributed by atoms with E-state index in [0.29, 0.717) is 5.69 Å². The van der Waals surface area contributed by atoms with Gasteiger partial charge in [-0.2, -0.15) is 5.10 Å². The van der Waals surface area contributed by atoms with Crippen LogP contribution in [0.15, 0.2) is 50.1 Å². The summed E-state index contributed by atoms with van der Waals surface area (Å²) < 4.78 is 0.970. The summed E-state index contributed by atoms with van der Waals surface area (Å²) in [5, 5.41) is 17.7. The number of benzene rings is 1. The van der Waals surface area contributed by atoms with Crippen LogP contribution in [0.3, 0.4) is 0 Å². The minimum Gasteiger partial charge on any atom is -0.493 e. The van der Waals surface area contributed by atoms with Gasteiger partial charge in [0, 0.05) is 0 Å². The third-order valence-electron chi connectivity index (χ3n) is 3.01. The molecule has 1 aromatic heterocycles. The highest BCUT2D eigenvalue weighted by atomic mass is 16.3. The number of hydrogen-bond donors (Lipinski definition) is 4. The van der Waals surface area contributed by atoms with Crippen LogP contribution in [0.4, 0.5) is 0 Å². The molecule has 120 valence electrons. The van der Waals surface area contributed by atoms with Crippen LogP contribution in [0.1, 0.15) is 18.9 Å². The maximum Gasteiger partial charge on any atom is 0.335 e. The number of aromatic hydroxyl groups is 1. The number of H-pyrrole nitrogens is 1. The lowest BCUT2D eigenvalue weighted by molar-refractivity contribution is 0.429. The summed E-state index contributed by atoms with van der Waals surface area (Å²) in [5.41, 5.74) is 9.26. The Morgan fingerprint density at radius 3 is 2.43 bits per heavy atom. The smallest absolute Gasteiger partial charge is 0.335 e. The Labute approximate surface area is 130 Å². The SMILES string of the molecule is CC/C(=N\N=C(N)N)c1c(O)n(-c2ccccc2)c(=O)[nH]c1=O. The van der Waals surface area contributed by atoms with E-state index in [0.717, 1.165) is 4.57 Å². The van der Waals surface area contributed by atoms with Crippen LogP contribution in [0, 0.1) is 0 Å². The molecule has 2 rings (SSSR count). The Morgan fingerprint density at radius 2 is 1.87 bits per heavy atom. The molecule has 0 amide bonds. The van der Waals surface area contributed by atoms with E-state index in [2.05, 4.69) is 15.2 Å². The summed E-state index contributed by atoms with van der Waals surface area (Å²) in [6.45, 7) is 1.71. The number of para-hydroxylation sites is 1. The third kappa shape index (κ3) is 3.28. The first-order chi connectivity index (χ1) is 11.0. The number of rotatable bonds is 4. The molecule has 0 atom stereocenters. The van der Waals surface area contributed by atoms with E-state index in [1.165, 1.54) is 0 Å². The second kappa shape index (κ2) is 6.60. The number of aromatic nitrogens is 2. The van der Waals surface area contributed by atoms with Crippen molar-refractivity contribution in [3.63, 3.8) is 0 Å². The molecule has 9 nitrogen and oxygen atoms in total. The average molecular weight is 316 g/mol. The third-order valence-corrected chi connectivity index (χ3v) is 3.01. The fraction of sp³-hybridized carbons (Fsp3) is 0.143. The van der Waals surface area contributed by atoms with Gasteiger partial charge in [0.1, 0.15) is 5.56 Å². The quantitative estimate of drug-likeness (QED) is 0.344. The van der Waals surface area contributed by atoms with Gasteiger partial charge in [-0.15, -0.1) is 5.10 Å². The number of aromatic amines is 1. The molecule has 0 aliphatic rings. The zero-order valence-corrected chi connectivity index (χ0v) is 12.4. The second-order valence-corrected chi connectivity index (χ2v) is 4.55. The standard InChI is InChI=1S/C14H16N6O3/c1-2-9(18-19-13(15)16)10-11(21)17-14(23)20(12(10)22)8-6-4-3-5-7-8/h3-7,22H,2H2,1H3,(H4,15,16,19)(H,17,21,23)/b18-9+. The highest BCUT2D eigenvalue weighted by Crippen LogP contribution is 2.17. The van der Waals surface area contributed by atoms with E-state index in [1.54, 1.807) is 37.3 Å². The van der Waals surface area contributed by atoms with Crippen molar-refractivity contribution in [2.45, 2.75) is 13.3 Å². The van der Waals surface area contributed by atoms with Crippen molar-refractivity contribution in [3.05, 3.63) is 56.7 Å². The summed E-state index contributed by atoms with van der Waals surface area (Å²) in [6, 6.07) is 8.38. The Balaban J connectivity index is 2.76. The van der Waals surface area contributed by atoms with Gasteiger partial charge in [0.2, 0.25) is 11.8 Å². The molecule has 0 spiro atoms. The molecule has 0 fully saturated rings. The largest absolute Gasteiger partial charge is 0.493 e. The molecule has 0 aliphatic carbocycles. The van der Waals surface area contributed by atoms with Crippen LogP contribution in [0.5, 0.6) is 5.88 Å². The van der Waals surface area contributed by atoms with Gasteiger partial charge >= 0.3 is 5.69 Å². The number of nitrogens with one attached hydrogen (secondary N) is 1. The lowest BCUT2D eigenvalue weighted by Gasteiger charge is -2.11. The summed E-state index contributed by atoms with van der Waals surface area (Å²) in [6.07, 6.45) is 0.264. The molecule has 0 unspecified atom stereocenters. The first-order valence-electron chi connectivity index (χ1n) is 6.75. The molecule has 1 aromatic carbocycles. The Hall–Kier alpha value is -3.36. The molecular weight excluding hydrogens is 300 g/mol. The molecule has 0 radical (unpaired) electrons. The monoisotopic (exact) mass is 316 g/mol. The van der Waals surface area contributed by atoms with Crippen molar-refractivity contribution >= 4 is 11.7 Å². The second-order valence-electron chi connectivity index (χ2n) is 4.55. The van der Waals surface area contributed by atoms with Gasteiger partial charge in [-0.05, 0) is 18.6 Å². The lowest BCUT2D eigenvalue weighted by Crippen LogP contribution is -2.33. The molecule has 1 heterocycles. The zero-order valence-electron chi connectivity index (χ0n) is 12.4. The maximum atomic E-state index is 12.1. The summed E-state index contributed by atoms with van der Waals surface area (Å²) in [5.74, 6) is -0.820. The van der Waals surface area contributed by atoms with Crippen molar-refractivity contribution in [3.8, 4) is 11.6 Å². The van der Waals surface area contributed by atoms with E-state index in [1.807, 2.05) is 0 Å². The molecule has 0 saturated carbocycles. The highest BCUT2D eigenvalue weighted by Gasteiger charge is 2.19. The topological polar surface area (TPSA) is 152 Å². The number of hydrogen-bond acceptors (Lipinski definition) is 5. The predicted molar refractivity (Wildman–Crippen MR) is 87.0 cm³/mol. The fourth-order valence-electron chi connectivity index (χ4n) is 2.02. The molecule has 9 heteroatoms. The maximum absolute atomic E-state index is 12.1. The lowest BCUT2D eigenvalue weighted by atomic mass is 10.1. The van der Waals surface area contributed by atoms with E-state index in [4.69, 9.17) is 11.5 Å². The van der Waals surface area contributed by atoms with Gasteiger partial charge in [-0.1, -0.05) is 25.1 Å². The van der Waals surface area contributed by atoms with E-state index >= 15 is 0 Å². The van der Waals surface area contributed by atoms with Crippen molar-refractivity contribution in [2.24, 2.45) is 21.7 Å². The van der Waals surface area contributed by atoms with Crippen LogP contribution in [-0.4, -0.2) is 26.3 Å². The van der Waals surface area contributed by atoms with Crippen LogP contribution < -0.4 is 22.7 Å². The van der Waals surface area contributed by atoms with Gasteiger partial charge < -0.3 is 16.6 Å². The Kier molecular flexibility index (Phi) is 4.60. The molecule has 0 aliphatic heterocycles. The van der Waals surface area contributed by atoms with E-state index < -0.39 is 17.1 Å². The fourth-order valence-corrected chi connectivity index (χ4v) is 2.02. The Bertz CT molecular complexity index is 876. The van der Waals surface area contributed by atoms with Gasteiger partial charge in [-0.25, -0.2) is 9.36 Å². The molecule has 0 saturated heterocycles. The van der Waals surface area contributed by atoms with Gasteiger partial charge in [-0.3, -0.25) is 9.78 Å². The molecule has 0 bridgehead atoms. The Morgan fingerprint density at radius 1 is 1.22 bits per heavy atom. The minimum absolute atomic E-state index is 0.141. The zero-order chi connectivity index (χ0) is 17.0. The van der Waals surface area contributed by atoms with Crippen LogP contribution >= 0.6 is 0 Å². The van der Waals surface area contributed by atoms with E-state index in [9.17, 15) is 14.7 Å². The minimum atomic E-state index is -0.772. The molecule has 2 aromatic rings. The number of guanidine groups is 1. The van der Waals surface area contributed by atoms with Gasteiger partial charge in [0.05, 0.1) is 11.4 Å². The predicted octanol–water partition coefficient (Wildman–Crippen LogP) is -0.381. The summed E-state index contributed by atoms with van der Waals surface area (Å²) in [4.78, 5) is 26.2. The molecular formula is C14H16N6O3. The summed E-state index contributed by atoms with van der Waals surface area (Å²) in [7, 11) is 0. The van der Waals surface area contributed by atoms with Crippen molar-refractivity contribution in [2.75, 3.05) is 0 Å². The first kappa shape index (κ1) is 16.0.